The first-order valence-electron chi connectivity index (χ1n) is 1.54. The van der Waals surface area contributed by atoms with Crippen molar-refractivity contribution in [1.82, 2.24) is 0 Å². The summed E-state index contributed by atoms with van der Waals surface area (Å²) < 4.78 is 8.46. The van der Waals surface area contributed by atoms with Crippen molar-refractivity contribution in [3.05, 3.63) is 0 Å². The second-order valence-corrected chi connectivity index (χ2v) is 1.98. The van der Waals surface area contributed by atoms with Crippen LogP contribution in [0.3, 0.4) is 0 Å². The molecule has 0 unspecified atom stereocenters. The van der Waals surface area contributed by atoms with Gasteiger partial charge in [-0.2, -0.15) is 0 Å². The van der Waals surface area contributed by atoms with E-state index in [0.29, 0.717) is 0 Å². The number of rotatable bonds is 0. The normalized spacial score (nSPS) is 5.17. The topological polar surface area (TPSA) is 37.3 Å². The molecular weight excluding hydrogens is 114 g/mol. The van der Waals surface area contributed by atoms with Crippen LogP contribution in [0.4, 0.5) is 0 Å². The molecule has 0 bridgehead atoms. The summed E-state index contributed by atoms with van der Waals surface area (Å²) in [5.41, 5.74) is 0. The van der Waals surface area contributed by atoms with Crippen molar-refractivity contribution in [1.29, 1.82) is 0 Å². The van der Waals surface area contributed by atoms with Crippen molar-refractivity contribution >= 4 is 23.9 Å². The Morgan fingerprint density at radius 2 is 1.67 bits per heavy atom. The van der Waals surface area contributed by atoms with Gasteiger partial charge < -0.3 is 4.89 Å². The zero-order chi connectivity index (χ0) is 5.41. The molecule has 0 aliphatic heterocycles. The van der Waals surface area contributed by atoms with Crippen LogP contribution >= 0.6 is 8.69 Å². The molecule has 2 nitrogen and oxygen atoms in total. The van der Waals surface area contributed by atoms with Gasteiger partial charge in [-0.25, -0.2) is 4.57 Å². The molecule has 0 saturated heterocycles. The summed E-state index contributed by atoms with van der Waals surface area (Å²) in [5.74, 6) is 4.42. The molecule has 6 heavy (non-hydrogen) atoms. The maximum absolute atomic E-state index is 8.46. The van der Waals surface area contributed by atoms with Gasteiger partial charge in [0.2, 0.25) is 0 Å². The third kappa shape index (κ3) is 169. The third-order valence-electron chi connectivity index (χ3n) is 0. The van der Waals surface area contributed by atoms with Crippen LogP contribution in [0.15, 0.2) is 0 Å². The SMILES string of the molecule is O=PO.[CH3][Al+][CH3]. The van der Waals surface area contributed by atoms with Gasteiger partial charge in [0.1, 0.15) is 0 Å². The molecule has 0 aliphatic carbocycles. The van der Waals surface area contributed by atoms with Gasteiger partial charge >= 0.3 is 35.5 Å². The van der Waals surface area contributed by atoms with Crippen molar-refractivity contribution in [3.8, 4) is 0 Å². The van der Waals surface area contributed by atoms with E-state index >= 15 is 0 Å². The third-order valence-corrected chi connectivity index (χ3v) is 0. The molecule has 0 radical (unpaired) electrons. The summed E-state index contributed by atoms with van der Waals surface area (Å²) in [6.45, 7) is 0. The van der Waals surface area contributed by atoms with Gasteiger partial charge in [0.05, 0.1) is 0 Å². The Balaban J connectivity index is 0. The van der Waals surface area contributed by atoms with Crippen molar-refractivity contribution in [3.63, 3.8) is 0 Å². The molecule has 1 N–H and O–H groups in total. The summed E-state index contributed by atoms with van der Waals surface area (Å²) >= 11 is 0.750. The fourth-order valence-corrected chi connectivity index (χ4v) is 0. The van der Waals surface area contributed by atoms with Crippen LogP contribution in [-0.4, -0.2) is 20.1 Å². The van der Waals surface area contributed by atoms with Crippen LogP contribution in [0.25, 0.3) is 0 Å². The Kier molecular flexibility index (Phi) is 28.6. The zero-order valence-corrected chi connectivity index (χ0v) is 5.93. The second kappa shape index (κ2) is 17.5. The van der Waals surface area contributed by atoms with Crippen LogP contribution in [0, 0.1) is 0 Å². The Labute approximate surface area is 45.6 Å². The molecule has 0 spiro atoms. The molecule has 0 rings (SSSR count). The van der Waals surface area contributed by atoms with Crippen LogP contribution in [0.2, 0.25) is 11.6 Å². The molecule has 0 saturated carbocycles. The Morgan fingerprint density at radius 3 is 1.67 bits per heavy atom. The standard InChI is InChI=1S/2CH3.Al.HO2P/c;;;1-3-2/h2*1H3;;(H,1,2)/q;;+1;. The second-order valence-electron chi connectivity index (χ2n) is 0.659. The van der Waals surface area contributed by atoms with Crippen LogP contribution in [0.5, 0.6) is 0 Å². The van der Waals surface area contributed by atoms with Gasteiger partial charge in [0, 0.05) is 0 Å². The van der Waals surface area contributed by atoms with Crippen molar-refractivity contribution < 1.29 is 9.46 Å². The number of hydrogen-bond donors (Lipinski definition) is 1. The van der Waals surface area contributed by atoms with E-state index in [4.69, 9.17) is 9.46 Å². The van der Waals surface area contributed by atoms with Gasteiger partial charge in [-0.15, -0.1) is 0 Å². The van der Waals surface area contributed by atoms with Crippen molar-refractivity contribution in [2.24, 2.45) is 0 Å². The average molecular weight is 121 g/mol. The van der Waals surface area contributed by atoms with E-state index in [9.17, 15) is 0 Å². The predicted molar refractivity (Wildman–Crippen MR) is 27.3 cm³/mol. The van der Waals surface area contributed by atoms with Gasteiger partial charge in [-0.05, 0) is 0 Å². The van der Waals surface area contributed by atoms with Gasteiger partial charge in [-0.1, -0.05) is 0 Å². The van der Waals surface area contributed by atoms with E-state index in [1.54, 1.807) is 0 Å². The van der Waals surface area contributed by atoms with E-state index < -0.39 is 8.69 Å². The minimum atomic E-state index is -0.833. The summed E-state index contributed by atoms with van der Waals surface area (Å²) in [6.07, 6.45) is 0. The van der Waals surface area contributed by atoms with E-state index in [0.717, 1.165) is 15.2 Å². The Bertz CT molecular complexity index is 25.5. The molecule has 0 amide bonds. The first kappa shape index (κ1) is 9.78. The molecule has 0 aromatic rings. The van der Waals surface area contributed by atoms with Crippen LogP contribution in [-0.2, 0) is 4.57 Å². The van der Waals surface area contributed by atoms with Gasteiger partial charge in [-0.3, -0.25) is 0 Å². The molecule has 0 aromatic carbocycles. The number of hydrogen-bond acceptors (Lipinski definition) is 1. The predicted octanol–water partition coefficient (Wildman–Crippen LogP) is 0.972. The minimum absolute atomic E-state index is 0.750. The van der Waals surface area contributed by atoms with E-state index in [2.05, 4.69) is 11.6 Å². The zero-order valence-electron chi connectivity index (χ0n) is 3.88. The molecule has 0 aliphatic rings. The molecule has 34 valence electrons. The maximum atomic E-state index is 8.46. The van der Waals surface area contributed by atoms with E-state index in [-0.39, 0.29) is 0 Å². The molecule has 0 aromatic heterocycles. The van der Waals surface area contributed by atoms with Crippen LogP contribution in [0.1, 0.15) is 0 Å². The summed E-state index contributed by atoms with van der Waals surface area (Å²) in [6, 6.07) is 0. The molecule has 0 atom stereocenters. The fourth-order valence-electron chi connectivity index (χ4n) is 0. The summed E-state index contributed by atoms with van der Waals surface area (Å²) in [5, 5.41) is 0. The molecule has 0 fully saturated rings. The van der Waals surface area contributed by atoms with Crippen molar-refractivity contribution in [2.45, 2.75) is 11.6 Å². The van der Waals surface area contributed by atoms with Crippen molar-refractivity contribution in [2.75, 3.05) is 0 Å². The fraction of sp³-hybridized carbons (Fsp3) is 1.00. The molecule has 4 heteroatoms. The first-order chi connectivity index (χ1) is 2.83. The summed E-state index contributed by atoms with van der Waals surface area (Å²) in [7, 11) is -0.833. The molecular formula is C2H7AlO2P+. The molecule has 0 heterocycles. The van der Waals surface area contributed by atoms with Crippen LogP contribution < -0.4 is 0 Å². The van der Waals surface area contributed by atoms with E-state index in [1.807, 2.05) is 0 Å². The Morgan fingerprint density at radius 1 is 1.67 bits per heavy atom. The first-order valence-corrected chi connectivity index (χ1v) is 4.61. The van der Waals surface area contributed by atoms with Gasteiger partial charge in [0.25, 0.3) is 0 Å². The van der Waals surface area contributed by atoms with Gasteiger partial charge in [0.15, 0.2) is 0 Å². The average Bonchev–Trinajstić information content (AvgIpc) is 1.39. The Hall–Kier alpha value is 0.592. The monoisotopic (exact) mass is 121 g/mol. The van der Waals surface area contributed by atoms with E-state index in [1.165, 1.54) is 0 Å². The quantitative estimate of drug-likeness (QED) is 0.383. The summed E-state index contributed by atoms with van der Waals surface area (Å²) in [4.78, 5) is 6.99.